The van der Waals surface area contributed by atoms with Crippen molar-refractivity contribution in [3.63, 3.8) is 0 Å². The molecule has 7 N–H and O–H groups in total. The van der Waals surface area contributed by atoms with Gasteiger partial charge in [0, 0.05) is 0 Å². The summed E-state index contributed by atoms with van der Waals surface area (Å²) in [5.41, 5.74) is 0. The van der Waals surface area contributed by atoms with Crippen molar-refractivity contribution in [2.45, 2.75) is 61.4 Å². The van der Waals surface area contributed by atoms with Crippen molar-refractivity contribution in [3.8, 4) is 12.3 Å². The number of ether oxygens (including phenoxy) is 4. The molecule has 10 atom stereocenters. The fourth-order valence-electron chi connectivity index (χ4n) is 2.82. The predicted molar refractivity (Wildman–Crippen MR) is 81.2 cm³/mol. The van der Waals surface area contributed by atoms with E-state index in [1.807, 2.05) is 0 Å². The average Bonchev–Trinajstić information content (AvgIpc) is 2.64. The first-order chi connectivity index (χ1) is 12.3. The Morgan fingerprint density at radius 3 is 1.92 bits per heavy atom. The van der Waals surface area contributed by atoms with E-state index in [0.717, 1.165) is 0 Å². The largest absolute Gasteiger partial charge is 0.394 e. The predicted octanol–water partition coefficient (Wildman–Crippen LogP) is -4.74. The van der Waals surface area contributed by atoms with Crippen LogP contribution in [-0.2, 0) is 18.9 Å². The van der Waals surface area contributed by atoms with Crippen LogP contribution in [0.25, 0.3) is 0 Å². The molecule has 26 heavy (non-hydrogen) atoms. The second-order valence-corrected chi connectivity index (χ2v) is 6.02. The second kappa shape index (κ2) is 9.36. The molecule has 0 aromatic rings. The Morgan fingerprint density at radius 2 is 1.35 bits per heavy atom. The summed E-state index contributed by atoms with van der Waals surface area (Å²) in [6.07, 6.45) is -9.78. The van der Waals surface area contributed by atoms with Crippen LogP contribution in [0.2, 0.25) is 0 Å². The van der Waals surface area contributed by atoms with Gasteiger partial charge in [0.15, 0.2) is 12.6 Å². The minimum absolute atomic E-state index is 0.204. The van der Waals surface area contributed by atoms with Crippen LogP contribution in [0, 0.1) is 12.3 Å². The summed E-state index contributed by atoms with van der Waals surface area (Å²) in [6, 6.07) is 0. The van der Waals surface area contributed by atoms with Crippen LogP contribution in [0.4, 0.5) is 0 Å². The van der Waals surface area contributed by atoms with Gasteiger partial charge in [-0.1, -0.05) is 5.92 Å². The molecule has 0 aromatic heterocycles. The summed E-state index contributed by atoms with van der Waals surface area (Å²) in [7, 11) is 0. The molecule has 0 radical (unpaired) electrons. The van der Waals surface area contributed by atoms with Gasteiger partial charge < -0.3 is 54.7 Å². The Morgan fingerprint density at radius 1 is 0.769 bits per heavy atom. The molecule has 2 aliphatic heterocycles. The van der Waals surface area contributed by atoms with Crippen molar-refractivity contribution in [3.05, 3.63) is 0 Å². The first kappa shape index (κ1) is 21.4. The van der Waals surface area contributed by atoms with E-state index in [1.54, 1.807) is 0 Å². The van der Waals surface area contributed by atoms with Crippen molar-refractivity contribution in [2.24, 2.45) is 0 Å². The Labute approximate surface area is 149 Å². The van der Waals surface area contributed by atoms with Crippen LogP contribution < -0.4 is 0 Å². The summed E-state index contributed by atoms with van der Waals surface area (Å²) in [4.78, 5) is 0. The molecule has 2 rings (SSSR count). The highest BCUT2D eigenvalue weighted by Gasteiger charge is 2.50. The lowest BCUT2D eigenvalue weighted by Gasteiger charge is -2.45. The summed E-state index contributed by atoms with van der Waals surface area (Å²) < 4.78 is 20.9. The van der Waals surface area contributed by atoms with E-state index >= 15 is 0 Å². The Balaban J connectivity index is 2.10. The standard InChI is InChI=1S/C15H24O11/c1-2-3-23-14-12(22)10(20)13(7(5-17)25-14)26-15-11(21)9(19)8(18)6(4-16)24-15/h1,6-22H,3-5H2/t6?,7?,8-,9?,10?,11-,12?,13+,14+,15-/m0/s1. The number of rotatable bonds is 6. The molecule has 0 aliphatic carbocycles. The van der Waals surface area contributed by atoms with Gasteiger partial charge in [0.1, 0.15) is 55.4 Å². The van der Waals surface area contributed by atoms with Crippen molar-refractivity contribution in [1.29, 1.82) is 0 Å². The monoisotopic (exact) mass is 380 g/mol. The van der Waals surface area contributed by atoms with Gasteiger partial charge >= 0.3 is 0 Å². The second-order valence-electron chi connectivity index (χ2n) is 6.02. The molecule has 11 heteroatoms. The van der Waals surface area contributed by atoms with Gasteiger partial charge in [-0.3, -0.25) is 0 Å². The number of aliphatic hydroxyl groups excluding tert-OH is 7. The quantitative estimate of drug-likeness (QED) is 0.220. The fraction of sp³-hybridized carbons (Fsp3) is 0.867. The maximum Gasteiger partial charge on any atom is 0.187 e. The highest BCUT2D eigenvalue weighted by molar-refractivity contribution is 4.94. The summed E-state index contributed by atoms with van der Waals surface area (Å²) in [5, 5.41) is 68.5. The van der Waals surface area contributed by atoms with E-state index in [2.05, 4.69) is 5.92 Å². The molecule has 11 nitrogen and oxygen atoms in total. The van der Waals surface area contributed by atoms with Gasteiger partial charge in [0.25, 0.3) is 0 Å². The smallest absolute Gasteiger partial charge is 0.187 e. The molecule has 150 valence electrons. The topological polar surface area (TPSA) is 179 Å². The van der Waals surface area contributed by atoms with E-state index in [-0.39, 0.29) is 6.61 Å². The zero-order chi connectivity index (χ0) is 19.4. The third kappa shape index (κ3) is 4.33. The highest BCUT2D eigenvalue weighted by Crippen LogP contribution is 2.29. The van der Waals surface area contributed by atoms with Gasteiger partial charge in [-0.25, -0.2) is 0 Å². The van der Waals surface area contributed by atoms with Gasteiger partial charge in [0.2, 0.25) is 0 Å². The van der Waals surface area contributed by atoms with Gasteiger partial charge in [-0.2, -0.15) is 0 Å². The Kier molecular flexibility index (Phi) is 7.71. The van der Waals surface area contributed by atoms with E-state index in [1.165, 1.54) is 0 Å². The lowest BCUT2D eigenvalue weighted by molar-refractivity contribution is -0.358. The molecule has 5 unspecified atom stereocenters. The zero-order valence-corrected chi connectivity index (χ0v) is 13.7. The minimum Gasteiger partial charge on any atom is -0.394 e. The van der Waals surface area contributed by atoms with Crippen LogP contribution in [-0.4, -0.2) is 117 Å². The van der Waals surface area contributed by atoms with E-state index in [9.17, 15) is 35.7 Å². The summed E-state index contributed by atoms with van der Waals surface area (Å²) >= 11 is 0. The number of hydrogen-bond donors (Lipinski definition) is 7. The Bertz CT molecular complexity index is 479. The maximum atomic E-state index is 10.3. The maximum absolute atomic E-state index is 10.3. The number of aliphatic hydroxyl groups is 7. The van der Waals surface area contributed by atoms with Crippen LogP contribution in [0.3, 0.4) is 0 Å². The van der Waals surface area contributed by atoms with Crippen LogP contribution in [0.1, 0.15) is 0 Å². The molecule has 2 aliphatic rings. The first-order valence-corrected chi connectivity index (χ1v) is 7.99. The lowest BCUT2D eigenvalue weighted by Crippen LogP contribution is -2.64. The molecular formula is C15H24O11. The molecular weight excluding hydrogens is 356 g/mol. The Hall–Kier alpha value is -0.880. The lowest BCUT2D eigenvalue weighted by atomic mass is 9.97. The third-order valence-electron chi connectivity index (χ3n) is 4.29. The van der Waals surface area contributed by atoms with E-state index in [0.29, 0.717) is 0 Å². The molecule has 2 saturated heterocycles. The highest BCUT2D eigenvalue weighted by atomic mass is 16.7. The average molecular weight is 380 g/mol. The number of hydrogen-bond acceptors (Lipinski definition) is 11. The molecule has 2 heterocycles. The van der Waals surface area contributed by atoms with Crippen molar-refractivity contribution in [2.75, 3.05) is 19.8 Å². The van der Waals surface area contributed by atoms with Gasteiger partial charge in [-0.15, -0.1) is 6.42 Å². The third-order valence-corrected chi connectivity index (χ3v) is 4.29. The number of terminal acetylenes is 1. The van der Waals surface area contributed by atoms with E-state index < -0.39 is 74.6 Å². The molecule has 0 saturated carbocycles. The van der Waals surface area contributed by atoms with Gasteiger partial charge in [0.05, 0.1) is 13.2 Å². The van der Waals surface area contributed by atoms with Crippen LogP contribution in [0.15, 0.2) is 0 Å². The summed E-state index contributed by atoms with van der Waals surface area (Å²) in [6.45, 7) is -1.50. The van der Waals surface area contributed by atoms with E-state index in [4.69, 9.17) is 25.4 Å². The van der Waals surface area contributed by atoms with Crippen LogP contribution in [0.5, 0.6) is 0 Å². The molecule has 0 bridgehead atoms. The fourth-order valence-corrected chi connectivity index (χ4v) is 2.82. The zero-order valence-electron chi connectivity index (χ0n) is 13.7. The minimum atomic E-state index is -1.72. The molecule has 0 spiro atoms. The molecule has 2 fully saturated rings. The van der Waals surface area contributed by atoms with Crippen LogP contribution >= 0.6 is 0 Å². The SMILES string of the molecule is C#CCO[C@@H]1OC(CO)[C@@H](O[C@@H]2OC(CO)[C@H](O)C(O)[C@@H]2O)C(O)C1O. The van der Waals surface area contributed by atoms with Crippen molar-refractivity contribution in [1.82, 2.24) is 0 Å². The normalized spacial score (nSPS) is 46.7. The summed E-state index contributed by atoms with van der Waals surface area (Å²) in [5.74, 6) is 2.17. The van der Waals surface area contributed by atoms with Crippen molar-refractivity contribution < 1.29 is 54.7 Å². The van der Waals surface area contributed by atoms with Gasteiger partial charge in [-0.05, 0) is 0 Å². The molecule has 0 aromatic carbocycles. The van der Waals surface area contributed by atoms with Crippen molar-refractivity contribution >= 4 is 0 Å². The first-order valence-electron chi connectivity index (χ1n) is 7.99. The molecule has 0 amide bonds.